The molecule has 1 aliphatic heterocycles. The number of anilines is 1. The third-order valence-corrected chi connectivity index (χ3v) is 5.33. The number of hydrogen-bond donors (Lipinski definition) is 2. The minimum Gasteiger partial charge on any atom is -0.363 e. The van der Waals surface area contributed by atoms with Crippen LogP contribution >= 0.6 is 24.0 Å². The van der Waals surface area contributed by atoms with Gasteiger partial charge in [0.05, 0.1) is 5.52 Å². The van der Waals surface area contributed by atoms with Gasteiger partial charge in [0.1, 0.15) is 5.82 Å². The Hall–Kier alpha value is -1.61. The molecule has 2 aromatic rings. The van der Waals surface area contributed by atoms with Crippen LogP contribution in [0.2, 0.25) is 0 Å². The maximum absolute atomic E-state index is 4.74. The number of para-hydroxylation sites is 1. The highest BCUT2D eigenvalue weighted by Crippen LogP contribution is 2.22. The summed E-state index contributed by atoms with van der Waals surface area (Å²) in [7, 11) is 5.88. The molecule has 1 aromatic carbocycles. The van der Waals surface area contributed by atoms with E-state index in [9.17, 15) is 0 Å². The van der Waals surface area contributed by atoms with Gasteiger partial charge in [-0.25, -0.2) is 4.98 Å². The first-order chi connectivity index (χ1) is 13.1. The number of benzene rings is 1. The van der Waals surface area contributed by atoms with Crippen LogP contribution in [0.4, 0.5) is 5.82 Å². The summed E-state index contributed by atoms with van der Waals surface area (Å²) in [6.07, 6.45) is 2.56. The molecule has 0 amide bonds. The van der Waals surface area contributed by atoms with Crippen molar-refractivity contribution in [3.05, 3.63) is 35.9 Å². The van der Waals surface area contributed by atoms with Crippen LogP contribution < -0.4 is 15.5 Å². The van der Waals surface area contributed by atoms with Crippen LogP contribution in [-0.2, 0) is 6.54 Å². The molecule has 1 fully saturated rings. The van der Waals surface area contributed by atoms with Crippen molar-refractivity contribution in [2.24, 2.45) is 4.99 Å². The molecular formula is C21H33IN6. The van der Waals surface area contributed by atoms with Crippen LogP contribution in [-0.4, -0.2) is 62.7 Å². The average molecular weight is 496 g/mol. The van der Waals surface area contributed by atoms with Crippen molar-refractivity contribution in [1.82, 2.24) is 20.5 Å². The van der Waals surface area contributed by atoms with Crippen molar-refractivity contribution < 1.29 is 0 Å². The van der Waals surface area contributed by atoms with E-state index >= 15 is 0 Å². The Labute approximate surface area is 185 Å². The van der Waals surface area contributed by atoms with Crippen molar-refractivity contribution in [2.75, 3.05) is 45.7 Å². The zero-order valence-electron chi connectivity index (χ0n) is 17.4. The number of rotatable bonds is 6. The van der Waals surface area contributed by atoms with Gasteiger partial charge in [0.2, 0.25) is 0 Å². The van der Waals surface area contributed by atoms with Crippen molar-refractivity contribution >= 4 is 46.7 Å². The number of guanidine groups is 1. The molecular weight excluding hydrogens is 463 g/mol. The predicted molar refractivity (Wildman–Crippen MR) is 130 cm³/mol. The Morgan fingerprint density at radius 2 is 2.07 bits per heavy atom. The Morgan fingerprint density at radius 1 is 1.29 bits per heavy atom. The second-order valence-electron chi connectivity index (χ2n) is 7.28. The molecule has 1 aliphatic rings. The minimum absolute atomic E-state index is 0. The maximum atomic E-state index is 4.74. The zero-order chi connectivity index (χ0) is 19.2. The van der Waals surface area contributed by atoms with Gasteiger partial charge in [-0.05, 0) is 43.6 Å². The molecule has 3 rings (SSSR count). The first-order valence-electron chi connectivity index (χ1n) is 9.87. The molecule has 28 heavy (non-hydrogen) atoms. The van der Waals surface area contributed by atoms with E-state index in [1.54, 1.807) is 0 Å². The summed E-state index contributed by atoms with van der Waals surface area (Å²) in [4.78, 5) is 13.7. The highest BCUT2D eigenvalue weighted by molar-refractivity contribution is 14.0. The van der Waals surface area contributed by atoms with Crippen molar-refractivity contribution in [3.63, 3.8) is 0 Å². The molecule has 2 N–H and O–H groups in total. The summed E-state index contributed by atoms with van der Waals surface area (Å²) in [5.41, 5.74) is 2.25. The molecule has 0 radical (unpaired) electrons. The lowest BCUT2D eigenvalue weighted by Crippen LogP contribution is -2.44. The SMILES string of the molecule is CCN1CCCC1CNC(=NC)NCc1cc(N(C)C)nc2ccccc12.I. The standard InChI is InChI=1S/C21H32N6.HI/c1-5-27-12-8-9-17(27)15-24-21(22-2)23-14-16-13-20(26(3)4)25-19-11-7-6-10-18(16)19;/h6-7,10-11,13,17H,5,8-9,12,14-15H2,1-4H3,(H2,22,23,24);1H. The van der Waals surface area contributed by atoms with E-state index in [0.29, 0.717) is 12.6 Å². The second kappa shape index (κ2) is 10.8. The highest BCUT2D eigenvalue weighted by Gasteiger charge is 2.22. The van der Waals surface area contributed by atoms with Gasteiger partial charge in [-0.1, -0.05) is 25.1 Å². The number of nitrogens with one attached hydrogen (secondary N) is 2. The van der Waals surface area contributed by atoms with E-state index in [4.69, 9.17) is 4.98 Å². The summed E-state index contributed by atoms with van der Waals surface area (Å²) in [6.45, 7) is 6.22. The number of aliphatic imine (C=N–C) groups is 1. The van der Waals surface area contributed by atoms with Gasteiger partial charge in [-0.15, -0.1) is 24.0 Å². The number of aromatic nitrogens is 1. The molecule has 0 saturated carbocycles. The number of pyridine rings is 1. The monoisotopic (exact) mass is 496 g/mol. The first-order valence-corrected chi connectivity index (χ1v) is 9.87. The number of nitrogens with zero attached hydrogens (tertiary/aromatic N) is 4. The number of fused-ring (bicyclic) bond motifs is 1. The summed E-state index contributed by atoms with van der Waals surface area (Å²) >= 11 is 0. The van der Waals surface area contributed by atoms with Gasteiger partial charge in [0, 0.05) is 45.7 Å². The van der Waals surface area contributed by atoms with Crippen molar-refractivity contribution in [2.45, 2.75) is 32.4 Å². The van der Waals surface area contributed by atoms with Crippen LogP contribution in [0.25, 0.3) is 10.9 Å². The highest BCUT2D eigenvalue weighted by atomic mass is 127. The molecule has 6 nitrogen and oxygen atoms in total. The number of halogens is 1. The smallest absolute Gasteiger partial charge is 0.191 e. The molecule has 0 spiro atoms. The van der Waals surface area contributed by atoms with Gasteiger partial charge in [0.25, 0.3) is 0 Å². The fraction of sp³-hybridized carbons (Fsp3) is 0.524. The van der Waals surface area contributed by atoms with E-state index < -0.39 is 0 Å². The molecule has 1 atom stereocenters. The molecule has 0 aliphatic carbocycles. The Balaban J connectivity index is 0.00000280. The van der Waals surface area contributed by atoms with Crippen LogP contribution in [0.3, 0.4) is 0 Å². The van der Waals surface area contributed by atoms with Gasteiger partial charge in [-0.3, -0.25) is 9.89 Å². The Morgan fingerprint density at radius 3 is 2.79 bits per heavy atom. The number of hydrogen-bond acceptors (Lipinski definition) is 4. The largest absolute Gasteiger partial charge is 0.363 e. The quantitative estimate of drug-likeness (QED) is 0.366. The lowest BCUT2D eigenvalue weighted by atomic mass is 10.1. The van der Waals surface area contributed by atoms with E-state index in [-0.39, 0.29) is 24.0 Å². The van der Waals surface area contributed by atoms with Crippen LogP contribution in [0.5, 0.6) is 0 Å². The lowest BCUT2D eigenvalue weighted by molar-refractivity contribution is 0.267. The molecule has 1 unspecified atom stereocenters. The van der Waals surface area contributed by atoms with Gasteiger partial charge < -0.3 is 15.5 Å². The Kier molecular flexibility index (Phi) is 8.75. The predicted octanol–water partition coefficient (Wildman–Crippen LogP) is 3.07. The van der Waals surface area contributed by atoms with Crippen LogP contribution in [0, 0.1) is 0 Å². The van der Waals surface area contributed by atoms with Gasteiger partial charge >= 0.3 is 0 Å². The normalized spacial score (nSPS) is 17.4. The molecule has 154 valence electrons. The maximum Gasteiger partial charge on any atom is 0.191 e. The molecule has 1 aromatic heterocycles. The first kappa shape index (κ1) is 22.7. The van der Waals surface area contributed by atoms with E-state index in [1.807, 2.05) is 32.1 Å². The van der Waals surface area contributed by atoms with E-state index in [2.05, 4.69) is 51.7 Å². The average Bonchev–Trinajstić information content (AvgIpc) is 3.15. The fourth-order valence-electron chi connectivity index (χ4n) is 3.76. The summed E-state index contributed by atoms with van der Waals surface area (Å²) < 4.78 is 0. The van der Waals surface area contributed by atoms with E-state index in [1.165, 1.54) is 30.3 Å². The van der Waals surface area contributed by atoms with Crippen molar-refractivity contribution in [1.29, 1.82) is 0 Å². The molecule has 2 heterocycles. The Bertz CT molecular complexity index is 792. The second-order valence-corrected chi connectivity index (χ2v) is 7.28. The number of likely N-dealkylation sites (N-methyl/N-ethyl adjacent to an activating group) is 1. The molecule has 0 bridgehead atoms. The van der Waals surface area contributed by atoms with E-state index in [0.717, 1.165) is 30.4 Å². The third-order valence-electron chi connectivity index (χ3n) is 5.33. The third kappa shape index (κ3) is 5.47. The van der Waals surface area contributed by atoms with Crippen LogP contribution in [0.15, 0.2) is 35.3 Å². The molecule has 1 saturated heterocycles. The van der Waals surface area contributed by atoms with Gasteiger partial charge in [0.15, 0.2) is 5.96 Å². The zero-order valence-corrected chi connectivity index (χ0v) is 19.7. The topological polar surface area (TPSA) is 55.8 Å². The summed E-state index contributed by atoms with van der Waals surface area (Å²) in [6, 6.07) is 11.1. The summed E-state index contributed by atoms with van der Waals surface area (Å²) in [5, 5.41) is 8.16. The molecule has 7 heteroatoms. The number of likely N-dealkylation sites (tertiary alicyclic amines) is 1. The van der Waals surface area contributed by atoms with Gasteiger partial charge in [-0.2, -0.15) is 0 Å². The summed E-state index contributed by atoms with van der Waals surface area (Å²) in [5.74, 6) is 1.82. The minimum atomic E-state index is 0. The fourth-order valence-corrected chi connectivity index (χ4v) is 3.76. The van der Waals surface area contributed by atoms with Crippen LogP contribution in [0.1, 0.15) is 25.3 Å². The lowest BCUT2D eigenvalue weighted by Gasteiger charge is -2.24. The van der Waals surface area contributed by atoms with Crippen molar-refractivity contribution in [3.8, 4) is 0 Å².